The Morgan fingerprint density at radius 3 is 2.38 bits per heavy atom. The number of nitrogen functional groups attached to an aromatic ring is 1. The first kappa shape index (κ1) is 13.0. The number of hydrogen-bond donors (Lipinski definition) is 1. The fraction of sp³-hybridized carbons (Fsp3) is 0.538. The summed E-state index contributed by atoms with van der Waals surface area (Å²) in [7, 11) is 0. The van der Waals surface area contributed by atoms with Crippen molar-refractivity contribution in [2.45, 2.75) is 32.9 Å². The van der Waals surface area contributed by atoms with Crippen LogP contribution in [0.3, 0.4) is 0 Å². The number of halogens is 1. The van der Waals surface area contributed by atoms with Crippen LogP contribution in [-0.4, -0.2) is 24.2 Å². The van der Waals surface area contributed by atoms with Crippen molar-refractivity contribution in [3.8, 4) is 0 Å². The van der Waals surface area contributed by atoms with Crippen molar-refractivity contribution in [3.63, 3.8) is 0 Å². The quantitative estimate of drug-likeness (QED) is 0.753. The van der Waals surface area contributed by atoms with Crippen molar-refractivity contribution in [3.05, 3.63) is 29.8 Å². The molecule has 0 fully saturated rings. The van der Waals surface area contributed by atoms with E-state index in [2.05, 4.69) is 18.7 Å². The van der Waals surface area contributed by atoms with Crippen LogP contribution in [-0.2, 0) is 6.54 Å². The van der Waals surface area contributed by atoms with Gasteiger partial charge in [0.25, 0.3) is 0 Å². The van der Waals surface area contributed by atoms with Crippen LogP contribution in [0.1, 0.15) is 25.8 Å². The van der Waals surface area contributed by atoms with E-state index in [-0.39, 0.29) is 6.67 Å². The van der Waals surface area contributed by atoms with Gasteiger partial charge in [0.15, 0.2) is 0 Å². The minimum atomic E-state index is -0.245. The van der Waals surface area contributed by atoms with Gasteiger partial charge < -0.3 is 5.73 Å². The van der Waals surface area contributed by atoms with Gasteiger partial charge in [0.2, 0.25) is 0 Å². The molecule has 2 N–H and O–H groups in total. The van der Waals surface area contributed by atoms with Crippen LogP contribution < -0.4 is 5.73 Å². The van der Waals surface area contributed by atoms with E-state index in [4.69, 9.17) is 5.73 Å². The lowest BCUT2D eigenvalue weighted by molar-refractivity contribution is 0.203. The largest absolute Gasteiger partial charge is 0.399 e. The summed E-state index contributed by atoms with van der Waals surface area (Å²) in [5.74, 6) is 0. The van der Waals surface area contributed by atoms with E-state index in [1.807, 2.05) is 24.3 Å². The molecule has 0 aliphatic heterocycles. The molecule has 2 nitrogen and oxygen atoms in total. The van der Waals surface area contributed by atoms with Gasteiger partial charge in [-0.25, -0.2) is 0 Å². The smallest absolute Gasteiger partial charge is 0.0906 e. The fourth-order valence-electron chi connectivity index (χ4n) is 1.64. The Bertz CT molecular complexity index is 295. The molecule has 16 heavy (non-hydrogen) atoms. The second-order valence-electron chi connectivity index (χ2n) is 4.35. The van der Waals surface area contributed by atoms with Crippen LogP contribution in [0.5, 0.6) is 0 Å². The molecular formula is C13H21FN2. The standard InChI is InChI=1S/C13H21FN2/c1-11(2)16(9-3-8-14)10-12-4-6-13(15)7-5-12/h4-7,11H,3,8-10,15H2,1-2H3. The van der Waals surface area contributed by atoms with Gasteiger partial charge in [-0.3, -0.25) is 9.29 Å². The molecule has 0 atom stereocenters. The maximum Gasteiger partial charge on any atom is 0.0906 e. The summed E-state index contributed by atoms with van der Waals surface area (Å²) in [6, 6.07) is 8.30. The van der Waals surface area contributed by atoms with Crippen molar-refractivity contribution in [2.24, 2.45) is 0 Å². The Hall–Kier alpha value is -1.09. The molecule has 0 aliphatic rings. The zero-order valence-corrected chi connectivity index (χ0v) is 10.1. The summed E-state index contributed by atoms with van der Waals surface area (Å²) in [5, 5.41) is 0. The van der Waals surface area contributed by atoms with Gasteiger partial charge in [-0.15, -0.1) is 0 Å². The Labute approximate surface area is 97.3 Å². The Kier molecular flexibility index (Phi) is 5.26. The number of nitrogens with two attached hydrogens (primary N) is 1. The van der Waals surface area contributed by atoms with E-state index >= 15 is 0 Å². The number of hydrogen-bond acceptors (Lipinski definition) is 2. The molecule has 0 aromatic heterocycles. The third kappa shape index (κ3) is 4.19. The topological polar surface area (TPSA) is 29.3 Å². The lowest BCUT2D eigenvalue weighted by Gasteiger charge is -2.26. The van der Waals surface area contributed by atoms with Crippen LogP contribution in [0.2, 0.25) is 0 Å². The van der Waals surface area contributed by atoms with E-state index in [0.717, 1.165) is 18.8 Å². The van der Waals surface area contributed by atoms with Gasteiger partial charge in [0.1, 0.15) is 0 Å². The SMILES string of the molecule is CC(C)N(CCCF)Cc1ccc(N)cc1. The molecular weight excluding hydrogens is 203 g/mol. The highest BCUT2D eigenvalue weighted by Gasteiger charge is 2.09. The lowest BCUT2D eigenvalue weighted by atomic mass is 10.1. The average molecular weight is 224 g/mol. The summed E-state index contributed by atoms with van der Waals surface area (Å²) in [5.41, 5.74) is 7.64. The highest BCUT2D eigenvalue weighted by atomic mass is 19.1. The Morgan fingerprint density at radius 2 is 1.88 bits per heavy atom. The molecule has 90 valence electrons. The predicted octanol–water partition coefficient (Wildman–Crippen LogP) is 2.84. The first-order valence-electron chi connectivity index (χ1n) is 5.78. The van der Waals surface area contributed by atoms with Crippen molar-refractivity contribution < 1.29 is 4.39 Å². The summed E-state index contributed by atoms with van der Waals surface area (Å²) in [6.45, 7) is 5.69. The molecule has 1 aromatic carbocycles. The van der Waals surface area contributed by atoms with Crippen molar-refractivity contribution in [1.29, 1.82) is 0 Å². The molecule has 0 bridgehead atoms. The van der Waals surface area contributed by atoms with Crippen LogP contribution in [0.15, 0.2) is 24.3 Å². The van der Waals surface area contributed by atoms with Crippen LogP contribution in [0.25, 0.3) is 0 Å². The number of benzene rings is 1. The molecule has 0 amide bonds. The van der Waals surface area contributed by atoms with Crippen LogP contribution in [0.4, 0.5) is 10.1 Å². The second kappa shape index (κ2) is 6.48. The Balaban J connectivity index is 2.57. The van der Waals surface area contributed by atoms with Crippen molar-refractivity contribution >= 4 is 5.69 Å². The highest BCUT2D eigenvalue weighted by Crippen LogP contribution is 2.11. The van der Waals surface area contributed by atoms with E-state index in [1.54, 1.807) is 0 Å². The number of alkyl halides is 1. The Morgan fingerprint density at radius 1 is 1.25 bits per heavy atom. The minimum Gasteiger partial charge on any atom is -0.399 e. The average Bonchev–Trinajstić information content (AvgIpc) is 2.26. The summed E-state index contributed by atoms with van der Waals surface area (Å²) in [6.07, 6.45) is 0.604. The van der Waals surface area contributed by atoms with Gasteiger partial charge in [0.05, 0.1) is 6.67 Å². The summed E-state index contributed by atoms with van der Waals surface area (Å²) >= 11 is 0. The first-order chi connectivity index (χ1) is 7.63. The maximum absolute atomic E-state index is 12.2. The highest BCUT2D eigenvalue weighted by molar-refractivity contribution is 5.39. The van der Waals surface area contributed by atoms with E-state index < -0.39 is 0 Å². The minimum absolute atomic E-state index is 0.245. The number of anilines is 1. The van der Waals surface area contributed by atoms with Crippen LogP contribution in [0, 0.1) is 0 Å². The van der Waals surface area contributed by atoms with Crippen molar-refractivity contribution in [2.75, 3.05) is 19.0 Å². The van der Waals surface area contributed by atoms with Gasteiger partial charge in [0, 0.05) is 24.8 Å². The first-order valence-corrected chi connectivity index (χ1v) is 5.78. The van der Waals surface area contributed by atoms with E-state index in [9.17, 15) is 4.39 Å². The molecule has 0 saturated heterocycles. The summed E-state index contributed by atoms with van der Waals surface area (Å²) in [4.78, 5) is 2.27. The molecule has 0 aliphatic carbocycles. The zero-order valence-electron chi connectivity index (χ0n) is 10.1. The van der Waals surface area contributed by atoms with Crippen LogP contribution >= 0.6 is 0 Å². The fourth-order valence-corrected chi connectivity index (χ4v) is 1.64. The third-order valence-corrected chi connectivity index (χ3v) is 2.67. The number of rotatable bonds is 6. The molecule has 3 heteroatoms. The lowest BCUT2D eigenvalue weighted by Crippen LogP contribution is -2.31. The van der Waals surface area contributed by atoms with E-state index in [0.29, 0.717) is 12.5 Å². The molecule has 1 aromatic rings. The normalized spacial score (nSPS) is 11.3. The number of nitrogens with zero attached hydrogens (tertiary/aromatic N) is 1. The predicted molar refractivity (Wildman–Crippen MR) is 67.0 cm³/mol. The van der Waals surface area contributed by atoms with Gasteiger partial charge in [-0.1, -0.05) is 12.1 Å². The molecule has 0 unspecified atom stereocenters. The van der Waals surface area contributed by atoms with E-state index in [1.165, 1.54) is 5.56 Å². The second-order valence-corrected chi connectivity index (χ2v) is 4.35. The zero-order chi connectivity index (χ0) is 12.0. The van der Waals surface area contributed by atoms with Gasteiger partial charge >= 0.3 is 0 Å². The molecule has 0 heterocycles. The molecule has 0 saturated carbocycles. The molecule has 0 spiro atoms. The van der Waals surface area contributed by atoms with Gasteiger partial charge in [-0.05, 0) is 38.0 Å². The van der Waals surface area contributed by atoms with Crippen molar-refractivity contribution in [1.82, 2.24) is 4.90 Å². The third-order valence-electron chi connectivity index (χ3n) is 2.67. The summed E-state index contributed by atoms with van der Waals surface area (Å²) < 4.78 is 12.2. The maximum atomic E-state index is 12.2. The monoisotopic (exact) mass is 224 g/mol. The van der Waals surface area contributed by atoms with Gasteiger partial charge in [-0.2, -0.15) is 0 Å². The molecule has 1 rings (SSSR count). The molecule has 0 radical (unpaired) electrons.